The van der Waals surface area contributed by atoms with E-state index in [2.05, 4.69) is 196 Å². The molecule has 8 aromatic carbocycles. The van der Waals surface area contributed by atoms with Crippen molar-refractivity contribution in [2.24, 2.45) is 0 Å². The van der Waals surface area contributed by atoms with E-state index in [1.165, 1.54) is 99.4 Å². The Bertz CT molecular complexity index is 2840. The first-order chi connectivity index (χ1) is 26.0. The van der Waals surface area contributed by atoms with Crippen molar-refractivity contribution < 1.29 is 0 Å². The van der Waals surface area contributed by atoms with Gasteiger partial charge in [0.25, 0.3) is 0 Å². The molecule has 250 valence electrons. The van der Waals surface area contributed by atoms with Crippen molar-refractivity contribution in [1.29, 1.82) is 0 Å². The van der Waals surface area contributed by atoms with Crippen LogP contribution in [0.1, 0.15) is 47.9 Å². The van der Waals surface area contributed by atoms with Crippen molar-refractivity contribution in [2.45, 2.75) is 31.1 Å². The molecule has 0 nitrogen and oxygen atoms in total. The molecule has 0 aliphatic heterocycles. The zero-order valence-corrected chi connectivity index (χ0v) is 30.0. The van der Waals surface area contributed by atoms with Gasteiger partial charge in [0, 0.05) is 17.3 Å². The van der Waals surface area contributed by atoms with Crippen LogP contribution in [0.3, 0.4) is 0 Å². The van der Waals surface area contributed by atoms with Crippen LogP contribution in [-0.4, -0.2) is 0 Å². The fourth-order valence-electron chi connectivity index (χ4n) is 9.67. The van der Waals surface area contributed by atoms with Crippen LogP contribution in [0, 0.1) is 0 Å². The van der Waals surface area contributed by atoms with E-state index in [0.717, 1.165) is 0 Å². The lowest BCUT2D eigenvalue weighted by Crippen LogP contribution is -2.15. The predicted molar refractivity (Wildman–Crippen MR) is 225 cm³/mol. The minimum atomic E-state index is -0.0777. The molecule has 0 radical (unpaired) electrons. The average Bonchev–Trinajstić information content (AvgIpc) is 3.66. The molecule has 0 bridgehead atoms. The molecule has 11 rings (SSSR count). The van der Waals surface area contributed by atoms with E-state index in [1.807, 2.05) is 0 Å². The summed E-state index contributed by atoms with van der Waals surface area (Å²) >= 11 is 0. The number of benzene rings is 8. The molecule has 0 aromatic heterocycles. The number of allylic oxidation sites excluding steroid dienone is 4. The third-order valence-electron chi connectivity index (χ3n) is 12.4. The van der Waals surface area contributed by atoms with Crippen molar-refractivity contribution in [2.75, 3.05) is 0 Å². The molecule has 0 amide bonds. The van der Waals surface area contributed by atoms with Gasteiger partial charge in [0.15, 0.2) is 0 Å². The van der Waals surface area contributed by atoms with Gasteiger partial charge < -0.3 is 0 Å². The van der Waals surface area contributed by atoms with Crippen molar-refractivity contribution >= 4 is 21.5 Å². The van der Waals surface area contributed by atoms with E-state index in [4.69, 9.17) is 0 Å². The van der Waals surface area contributed by atoms with Crippen LogP contribution in [0.2, 0.25) is 0 Å². The van der Waals surface area contributed by atoms with Gasteiger partial charge in [-0.15, -0.1) is 0 Å². The van der Waals surface area contributed by atoms with Crippen molar-refractivity contribution in [3.05, 3.63) is 204 Å². The van der Waals surface area contributed by atoms with Crippen molar-refractivity contribution in [1.82, 2.24) is 0 Å². The van der Waals surface area contributed by atoms with E-state index >= 15 is 0 Å². The molecule has 0 heteroatoms. The lowest BCUT2D eigenvalue weighted by atomic mass is 9.81. The predicted octanol–water partition coefficient (Wildman–Crippen LogP) is 14.3. The maximum Gasteiger partial charge on any atom is 0.0159 e. The molecular formula is C53H38. The normalized spacial score (nSPS) is 17.2. The Morgan fingerprint density at radius 1 is 0.377 bits per heavy atom. The molecule has 53 heavy (non-hydrogen) atoms. The molecule has 0 spiro atoms. The van der Waals surface area contributed by atoms with Crippen LogP contribution < -0.4 is 0 Å². The highest BCUT2D eigenvalue weighted by Crippen LogP contribution is 2.52. The van der Waals surface area contributed by atoms with Gasteiger partial charge in [-0.3, -0.25) is 0 Å². The second-order valence-corrected chi connectivity index (χ2v) is 15.7. The zero-order valence-electron chi connectivity index (χ0n) is 30.0. The smallest absolute Gasteiger partial charge is 0.0159 e. The number of hydrogen-bond donors (Lipinski definition) is 0. The number of fused-ring (bicyclic) bond motifs is 7. The second-order valence-electron chi connectivity index (χ2n) is 15.7. The zero-order chi connectivity index (χ0) is 35.3. The van der Waals surface area contributed by atoms with E-state index < -0.39 is 0 Å². The third kappa shape index (κ3) is 4.62. The van der Waals surface area contributed by atoms with Crippen LogP contribution in [0.4, 0.5) is 0 Å². The Morgan fingerprint density at radius 2 is 0.887 bits per heavy atom. The first-order valence-corrected chi connectivity index (χ1v) is 18.9. The van der Waals surface area contributed by atoms with Crippen molar-refractivity contribution in [3.8, 4) is 55.6 Å². The van der Waals surface area contributed by atoms with Gasteiger partial charge in [-0.1, -0.05) is 166 Å². The summed E-state index contributed by atoms with van der Waals surface area (Å²) in [5, 5.41) is 5.31. The summed E-state index contributed by atoms with van der Waals surface area (Å²) in [5.41, 5.74) is 18.5. The highest BCUT2D eigenvalue weighted by atomic mass is 14.4. The summed E-state index contributed by atoms with van der Waals surface area (Å²) in [6.45, 7) is 4.75. The molecule has 2 atom stereocenters. The van der Waals surface area contributed by atoms with Gasteiger partial charge in [-0.05, 0) is 130 Å². The Morgan fingerprint density at radius 3 is 1.57 bits per heavy atom. The standard InChI is InChI=1S/C53H38/c1-53(2)50-31-39(33-10-4-3-5-11-33)22-24-45(50)46-25-23-40(32-51(46)53)38-21-20-36-28-35(18-19-37(36)29-38)34-12-8-13-41(30-34)42-26-27-49-44-15-7-6-14-43(44)48-17-9-16-47(42)52(48)49/h3-32,43-44H,1-2H3. The minimum Gasteiger partial charge on any atom is -0.0761 e. The van der Waals surface area contributed by atoms with Crippen LogP contribution in [0.25, 0.3) is 77.2 Å². The van der Waals surface area contributed by atoms with Crippen LogP contribution in [-0.2, 0) is 5.41 Å². The molecule has 3 aliphatic carbocycles. The molecule has 0 saturated heterocycles. The molecular weight excluding hydrogens is 637 g/mol. The SMILES string of the molecule is CC1(C)c2cc(-c3ccccc3)ccc2-c2ccc(-c3ccc4cc(-c5cccc(-c6ccc7c8c(cccc68)C6C=CC=CC76)c5)ccc4c3)cc21. The molecule has 3 aliphatic rings. The van der Waals surface area contributed by atoms with Gasteiger partial charge in [-0.2, -0.15) is 0 Å². The third-order valence-corrected chi connectivity index (χ3v) is 12.4. The average molecular weight is 675 g/mol. The summed E-state index contributed by atoms with van der Waals surface area (Å²) < 4.78 is 0. The van der Waals surface area contributed by atoms with E-state index in [9.17, 15) is 0 Å². The van der Waals surface area contributed by atoms with Gasteiger partial charge >= 0.3 is 0 Å². The maximum atomic E-state index is 2.43. The topological polar surface area (TPSA) is 0 Å². The summed E-state index contributed by atoms with van der Waals surface area (Å²) in [5.74, 6) is 0.887. The first kappa shape index (κ1) is 30.4. The monoisotopic (exact) mass is 674 g/mol. The molecule has 0 saturated carbocycles. The molecule has 0 N–H and O–H groups in total. The lowest BCUT2D eigenvalue weighted by molar-refractivity contribution is 0.661. The summed E-state index contributed by atoms with van der Waals surface area (Å²) in [4.78, 5) is 0. The number of hydrogen-bond acceptors (Lipinski definition) is 0. The summed E-state index contributed by atoms with van der Waals surface area (Å²) in [6, 6.07) is 59.3. The second kappa shape index (κ2) is 11.4. The van der Waals surface area contributed by atoms with E-state index in [0.29, 0.717) is 11.8 Å². The summed E-state index contributed by atoms with van der Waals surface area (Å²) in [7, 11) is 0. The largest absolute Gasteiger partial charge is 0.0761 e. The number of rotatable bonds is 4. The Hall–Kier alpha value is -6.24. The highest BCUT2D eigenvalue weighted by molar-refractivity contribution is 6.03. The highest BCUT2D eigenvalue weighted by Gasteiger charge is 2.36. The fourth-order valence-corrected chi connectivity index (χ4v) is 9.67. The molecule has 8 aromatic rings. The molecule has 2 unspecified atom stereocenters. The quantitative estimate of drug-likeness (QED) is 0.174. The van der Waals surface area contributed by atoms with Crippen LogP contribution in [0.15, 0.2) is 182 Å². The van der Waals surface area contributed by atoms with Gasteiger partial charge in [0.1, 0.15) is 0 Å². The Kier molecular flexibility index (Phi) is 6.53. The fraction of sp³-hybridized carbons (Fsp3) is 0.0943. The molecule has 0 fully saturated rings. The van der Waals surface area contributed by atoms with Crippen LogP contribution >= 0.6 is 0 Å². The van der Waals surface area contributed by atoms with E-state index in [-0.39, 0.29) is 5.41 Å². The van der Waals surface area contributed by atoms with E-state index in [1.54, 1.807) is 0 Å². The first-order valence-electron chi connectivity index (χ1n) is 18.9. The summed E-state index contributed by atoms with van der Waals surface area (Å²) in [6.07, 6.45) is 9.15. The van der Waals surface area contributed by atoms with Gasteiger partial charge in [-0.25, -0.2) is 0 Å². The Labute approximate surface area is 311 Å². The minimum absolute atomic E-state index is 0.0777. The van der Waals surface area contributed by atoms with Gasteiger partial charge in [0.2, 0.25) is 0 Å². The van der Waals surface area contributed by atoms with Gasteiger partial charge in [0.05, 0.1) is 0 Å². The van der Waals surface area contributed by atoms with Crippen LogP contribution in [0.5, 0.6) is 0 Å². The van der Waals surface area contributed by atoms with Crippen molar-refractivity contribution in [3.63, 3.8) is 0 Å². The maximum absolute atomic E-state index is 2.43. The lowest BCUT2D eigenvalue weighted by Gasteiger charge is -2.22. The molecule has 0 heterocycles. The Balaban J connectivity index is 0.916.